The van der Waals surface area contributed by atoms with Crippen molar-refractivity contribution in [2.75, 3.05) is 0 Å². The van der Waals surface area contributed by atoms with Gasteiger partial charge in [-0.25, -0.2) is 0 Å². The Morgan fingerprint density at radius 3 is 2.33 bits per heavy atom. The summed E-state index contributed by atoms with van der Waals surface area (Å²) >= 11 is 0. The average molecular weight is 130 g/mol. The molecule has 0 saturated heterocycles. The maximum Gasteiger partial charge on any atom is 0.0827 e. The van der Waals surface area contributed by atoms with Gasteiger partial charge in [0, 0.05) is 0 Å². The molecule has 2 heteroatoms. The quantitative estimate of drug-likeness (QED) is 0.585. The highest BCUT2D eigenvalue weighted by Gasteiger charge is 2.33. The monoisotopic (exact) mass is 130 g/mol. The highest BCUT2D eigenvalue weighted by Crippen LogP contribution is 2.34. The highest BCUT2D eigenvalue weighted by atomic mass is 16.3. The molecule has 2 nitrogen and oxygen atoms in total. The molecule has 0 bridgehead atoms. The second-order valence-corrected chi connectivity index (χ2v) is 2.80. The molecule has 0 amide bonds. The van der Waals surface area contributed by atoms with E-state index >= 15 is 0 Å². The van der Waals surface area contributed by atoms with Crippen LogP contribution in [-0.2, 0) is 0 Å². The van der Waals surface area contributed by atoms with E-state index in [1.807, 2.05) is 6.92 Å². The smallest absolute Gasteiger partial charge is 0.0827 e. The largest absolute Gasteiger partial charge is 0.390 e. The Hall–Kier alpha value is -0.0800. The molecule has 1 aliphatic carbocycles. The van der Waals surface area contributed by atoms with Crippen LogP contribution in [0.3, 0.4) is 0 Å². The van der Waals surface area contributed by atoms with Gasteiger partial charge < -0.3 is 10.2 Å². The van der Waals surface area contributed by atoms with Crippen molar-refractivity contribution in [3.63, 3.8) is 0 Å². The third-order valence-corrected chi connectivity index (χ3v) is 1.92. The zero-order valence-corrected chi connectivity index (χ0v) is 5.75. The first-order valence-electron chi connectivity index (χ1n) is 3.61. The first kappa shape index (κ1) is 7.03. The lowest BCUT2D eigenvalue weighted by molar-refractivity contribution is 0.00443. The predicted octanol–water partition coefficient (Wildman–Crippen LogP) is 0.528. The van der Waals surface area contributed by atoms with Crippen LogP contribution in [0.1, 0.15) is 26.2 Å². The van der Waals surface area contributed by atoms with E-state index in [0.717, 1.165) is 12.8 Å². The topological polar surface area (TPSA) is 40.5 Å². The summed E-state index contributed by atoms with van der Waals surface area (Å²) in [5.41, 5.74) is 0. The summed E-state index contributed by atoms with van der Waals surface area (Å²) in [4.78, 5) is 0. The van der Waals surface area contributed by atoms with Crippen molar-refractivity contribution < 1.29 is 10.2 Å². The first-order chi connectivity index (χ1) is 4.25. The van der Waals surface area contributed by atoms with Crippen molar-refractivity contribution in [3.8, 4) is 0 Å². The van der Waals surface area contributed by atoms with Crippen LogP contribution in [0.15, 0.2) is 0 Å². The first-order valence-corrected chi connectivity index (χ1v) is 3.61. The molecule has 1 rings (SSSR count). The van der Waals surface area contributed by atoms with Gasteiger partial charge in [0.05, 0.1) is 12.2 Å². The van der Waals surface area contributed by atoms with E-state index in [1.165, 1.54) is 0 Å². The third kappa shape index (κ3) is 1.66. The Labute approximate surface area is 55.5 Å². The van der Waals surface area contributed by atoms with Gasteiger partial charge in [0.2, 0.25) is 0 Å². The molecule has 2 atom stereocenters. The molecule has 0 spiro atoms. The van der Waals surface area contributed by atoms with E-state index in [1.54, 1.807) is 0 Å². The van der Waals surface area contributed by atoms with Crippen molar-refractivity contribution in [1.82, 2.24) is 0 Å². The molecule has 9 heavy (non-hydrogen) atoms. The van der Waals surface area contributed by atoms with Crippen molar-refractivity contribution in [3.05, 3.63) is 0 Å². The molecule has 2 N–H and O–H groups in total. The molecule has 1 fully saturated rings. The van der Waals surface area contributed by atoms with E-state index in [-0.39, 0.29) is 0 Å². The van der Waals surface area contributed by atoms with Crippen LogP contribution in [-0.4, -0.2) is 22.4 Å². The van der Waals surface area contributed by atoms with Gasteiger partial charge in [0.25, 0.3) is 0 Å². The molecule has 1 saturated carbocycles. The van der Waals surface area contributed by atoms with E-state index in [9.17, 15) is 5.11 Å². The Kier molecular flexibility index (Phi) is 2.09. The van der Waals surface area contributed by atoms with Gasteiger partial charge in [0.15, 0.2) is 0 Å². The van der Waals surface area contributed by atoms with Gasteiger partial charge in [0.1, 0.15) is 0 Å². The lowest BCUT2D eigenvalue weighted by atomic mass is 10.1. The summed E-state index contributed by atoms with van der Waals surface area (Å²) in [5.74, 6) is 0.403. The Bertz CT molecular complexity index is 88.9. The zero-order valence-electron chi connectivity index (χ0n) is 5.75. The molecule has 1 aliphatic rings. The normalized spacial score (nSPS) is 25.7. The fraction of sp³-hybridized carbons (Fsp3) is 1.00. The van der Waals surface area contributed by atoms with E-state index < -0.39 is 12.2 Å². The maximum absolute atomic E-state index is 9.21. The molecule has 0 aromatic heterocycles. The third-order valence-electron chi connectivity index (χ3n) is 1.92. The maximum atomic E-state index is 9.21. The summed E-state index contributed by atoms with van der Waals surface area (Å²) in [5, 5.41) is 18.3. The number of hydrogen-bond donors (Lipinski definition) is 2. The molecule has 0 aliphatic heterocycles. The van der Waals surface area contributed by atoms with Gasteiger partial charge in [-0.3, -0.25) is 0 Å². The Morgan fingerprint density at radius 2 is 2.00 bits per heavy atom. The average Bonchev–Trinajstić information content (AvgIpc) is 2.66. The molecule has 0 heterocycles. The van der Waals surface area contributed by atoms with Crippen LogP contribution in [0.5, 0.6) is 0 Å². The fourth-order valence-electron chi connectivity index (χ4n) is 0.993. The van der Waals surface area contributed by atoms with Gasteiger partial charge in [-0.05, 0) is 25.2 Å². The van der Waals surface area contributed by atoms with Crippen LogP contribution in [0, 0.1) is 5.92 Å². The molecule has 54 valence electrons. The van der Waals surface area contributed by atoms with Crippen molar-refractivity contribution in [2.45, 2.75) is 38.4 Å². The summed E-state index contributed by atoms with van der Waals surface area (Å²) in [6.45, 7) is 1.89. The molecule has 2 unspecified atom stereocenters. The second-order valence-electron chi connectivity index (χ2n) is 2.80. The van der Waals surface area contributed by atoms with Crippen molar-refractivity contribution in [1.29, 1.82) is 0 Å². The van der Waals surface area contributed by atoms with Crippen molar-refractivity contribution in [2.24, 2.45) is 5.92 Å². The Morgan fingerprint density at radius 1 is 1.44 bits per heavy atom. The molecular formula is C7H14O2. The van der Waals surface area contributed by atoms with Gasteiger partial charge in [-0.1, -0.05) is 6.92 Å². The zero-order chi connectivity index (χ0) is 6.85. The van der Waals surface area contributed by atoms with Gasteiger partial charge in [-0.15, -0.1) is 0 Å². The van der Waals surface area contributed by atoms with Crippen LogP contribution < -0.4 is 0 Å². The second kappa shape index (κ2) is 2.67. The Balaban J connectivity index is 2.22. The number of aliphatic hydroxyl groups is 2. The minimum atomic E-state index is -0.488. The summed E-state index contributed by atoms with van der Waals surface area (Å²) in [6, 6.07) is 0. The summed E-state index contributed by atoms with van der Waals surface area (Å²) < 4.78 is 0. The fourth-order valence-corrected chi connectivity index (χ4v) is 0.993. The summed E-state index contributed by atoms with van der Waals surface area (Å²) in [7, 11) is 0. The van der Waals surface area contributed by atoms with Crippen LogP contribution in [0.2, 0.25) is 0 Å². The van der Waals surface area contributed by atoms with Crippen molar-refractivity contribution >= 4 is 0 Å². The lowest BCUT2D eigenvalue weighted by Crippen LogP contribution is -2.26. The minimum Gasteiger partial charge on any atom is -0.390 e. The van der Waals surface area contributed by atoms with E-state index in [2.05, 4.69) is 0 Å². The van der Waals surface area contributed by atoms with Crippen LogP contribution in [0.4, 0.5) is 0 Å². The summed E-state index contributed by atoms with van der Waals surface area (Å²) in [6.07, 6.45) is 1.92. The van der Waals surface area contributed by atoms with E-state index in [4.69, 9.17) is 5.11 Å². The molecule has 0 aromatic rings. The van der Waals surface area contributed by atoms with Crippen LogP contribution >= 0.6 is 0 Å². The minimum absolute atomic E-state index is 0.403. The highest BCUT2D eigenvalue weighted by molar-refractivity contribution is 4.84. The lowest BCUT2D eigenvalue weighted by Gasteiger charge is -2.14. The van der Waals surface area contributed by atoms with Gasteiger partial charge >= 0.3 is 0 Å². The molecular weight excluding hydrogens is 116 g/mol. The van der Waals surface area contributed by atoms with Crippen LogP contribution in [0.25, 0.3) is 0 Å². The standard InChI is InChI=1S/C7H14O2/c1-2-6(8)7(9)5-3-4-5/h5-9H,2-4H2,1H3. The molecule has 0 aromatic carbocycles. The number of rotatable bonds is 3. The molecule has 0 radical (unpaired) electrons. The predicted molar refractivity (Wildman–Crippen MR) is 35.0 cm³/mol. The SMILES string of the molecule is CCC(O)C(O)C1CC1. The number of hydrogen-bond acceptors (Lipinski definition) is 2. The number of aliphatic hydroxyl groups excluding tert-OH is 2. The van der Waals surface area contributed by atoms with E-state index in [0.29, 0.717) is 12.3 Å². The van der Waals surface area contributed by atoms with Gasteiger partial charge in [-0.2, -0.15) is 0 Å².